The lowest BCUT2D eigenvalue weighted by Crippen LogP contribution is -2.05. The first-order chi connectivity index (χ1) is 8.45. The van der Waals surface area contributed by atoms with Gasteiger partial charge in [-0.15, -0.1) is 0 Å². The molecule has 7 heteroatoms. The van der Waals surface area contributed by atoms with Gasteiger partial charge in [0.2, 0.25) is 0 Å². The Morgan fingerprint density at radius 1 is 1.44 bits per heavy atom. The zero-order valence-corrected chi connectivity index (χ0v) is 9.32. The van der Waals surface area contributed by atoms with E-state index >= 15 is 0 Å². The van der Waals surface area contributed by atoms with Crippen LogP contribution in [-0.2, 0) is 9.53 Å². The average Bonchev–Trinajstić information content (AvgIpc) is 2.34. The zero-order chi connectivity index (χ0) is 13.7. The molecule has 0 atom stereocenters. The van der Waals surface area contributed by atoms with Crippen molar-refractivity contribution in [3.63, 3.8) is 0 Å². The maximum absolute atomic E-state index is 11.4. The van der Waals surface area contributed by atoms with E-state index in [0.717, 1.165) is 25.3 Å². The van der Waals surface area contributed by atoms with Crippen LogP contribution in [0.4, 0.5) is 5.69 Å². The molecule has 1 aromatic rings. The van der Waals surface area contributed by atoms with Crippen molar-refractivity contribution in [3.8, 4) is 0 Å². The molecule has 18 heavy (non-hydrogen) atoms. The fourth-order valence-electron chi connectivity index (χ4n) is 1.25. The van der Waals surface area contributed by atoms with Crippen molar-refractivity contribution in [2.75, 3.05) is 7.11 Å². The number of carboxylic acids is 1. The number of nitro groups is 1. The minimum atomic E-state index is -1.19. The highest BCUT2D eigenvalue weighted by Crippen LogP contribution is 2.20. The highest BCUT2D eigenvalue weighted by Gasteiger charge is 2.15. The largest absolute Gasteiger partial charge is 0.478 e. The molecule has 0 spiro atoms. The molecule has 0 unspecified atom stereocenters. The highest BCUT2D eigenvalue weighted by atomic mass is 16.6. The van der Waals surface area contributed by atoms with E-state index in [4.69, 9.17) is 5.11 Å². The third-order valence-electron chi connectivity index (χ3n) is 2.06. The fourth-order valence-corrected chi connectivity index (χ4v) is 1.25. The van der Waals surface area contributed by atoms with E-state index in [1.165, 1.54) is 12.1 Å². The van der Waals surface area contributed by atoms with Crippen molar-refractivity contribution in [2.45, 2.75) is 0 Å². The lowest BCUT2D eigenvalue weighted by atomic mass is 10.1. The van der Waals surface area contributed by atoms with Gasteiger partial charge in [0.25, 0.3) is 5.69 Å². The van der Waals surface area contributed by atoms with E-state index in [2.05, 4.69) is 4.74 Å². The molecule has 0 fully saturated rings. The SMILES string of the molecule is COC(=O)c1cc([N+](=O)[O-])ccc1C=CC(=O)O. The van der Waals surface area contributed by atoms with E-state index in [9.17, 15) is 19.7 Å². The molecule has 0 bridgehead atoms. The predicted octanol–water partition coefficient (Wildman–Crippen LogP) is 1.48. The van der Waals surface area contributed by atoms with Crippen molar-refractivity contribution in [3.05, 3.63) is 45.5 Å². The number of non-ortho nitro benzene ring substituents is 1. The van der Waals surface area contributed by atoms with Crippen molar-refractivity contribution in [2.24, 2.45) is 0 Å². The predicted molar refractivity (Wildman–Crippen MR) is 61.1 cm³/mol. The van der Waals surface area contributed by atoms with Gasteiger partial charge < -0.3 is 9.84 Å². The lowest BCUT2D eigenvalue weighted by molar-refractivity contribution is -0.384. The first kappa shape index (κ1) is 13.4. The molecule has 0 aliphatic carbocycles. The topological polar surface area (TPSA) is 107 Å². The summed E-state index contributed by atoms with van der Waals surface area (Å²) in [5.41, 5.74) is -0.109. The van der Waals surface area contributed by atoms with E-state index in [1.54, 1.807) is 0 Å². The van der Waals surface area contributed by atoms with Crippen molar-refractivity contribution < 1.29 is 24.4 Å². The molecular formula is C11H9NO6. The van der Waals surface area contributed by atoms with Crippen molar-refractivity contribution >= 4 is 23.7 Å². The molecule has 7 nitrogen and oxygen atoms in total. The Morgan fingerprint density at radius 3 is 2.61 bits per heavy atom. The Balaban J connectivity index is 3.29. The van der Waals surface area contributed by atoms with E-state index in [0.29, 0.717) is 0 Å². The average molecular weight is 251 g/mol. The summed E-state index contributed by atoms with van der Waals surface area (Å²) in [4.78, 5) is 31.7. The van der Waals surface area contributed by atoms with Gasteiger partial charge in [-0.3, -0.25) is 10.1 Å². The molecule has 0 aliphatic rings. The number of nitrogens with zero attached hydrogens (tertiary/aromatic N) is 1. The summed E-state index contributed by atoms with van der Waals surface area (Å²) in [6, 6.07) is 3.49. The van der Waals surface area contributed by atoms with Crippen LogP contribution < -0.4 is 0 Å². The molecule has 0 saturated carbocycles. The van der Waals surface area contributed by atoms with Crippen LogP contribution in [0.1, 0.15) is 15.9 Å². The summed E-state index contributed by atoms with van der Waals surface area (Å²) in [7, 11) is 1.13. The number of rotatable bonds is 4. The highest BCUT2D eigenvalue weighted by molar-refractivity contribution is 5.96. The number of ether oxygens (including phenoxy) is 1. The Labute approximate surface area is 101 Å². The van der Waals surface area contributed by atoms with Gasteiger partial charge in [0.05, 0.1) is 17.6 Å². The maximum Gasteiger partial charge on any atom is 0.338 e. The molecule has 0 radical (unpaired) electrons. The van der Waals surface area contributed by atoms with Crippen LogP contribution in [0, 0.1) is 10.1 Å². The Morgan fingerprint density at radius 2 is 2.11 bits per heavy atom. The van der Waals surface area contributed by atoms with Gasteiger partial charge in [-0.05, 0) is 17.7 Å². The van der Waals surface area contributed by atoms with Crippen LogP contribution in [0.3, 0.4) is 0 Å². The molecular weight excluding hydrogens is 242 g/mol. The van der Waals surface area contributed by atoms with Gasteiger partial charge in [-0.1, -0.05) is 0 Å². The molecule has 94 valence electrons. The number of esters is 1. The van der Waals surface area contributed by atoms with Crippen LogP contribution >= 0.6 is 0 Å². The smallest absolute Gasteiger partial charge is 0.338 e. The number of nitro benzene ring substituents is 1. The van der Waals surface area contributed by atoms with Gasteiger partial charge in [-0.2, -0.15) is 0 Å². The van der Waals surface area contributed by atoms with Gasteiger partial charge in [0, 0.05) is 18.2 Å². The lowest BCUT2D eigenvalue weighted by Gasteiger charge is -2.03. The Hall–Kier alpha value is -2.70. The number of hydrogen-bond donors (Lipinski definition) is 1. The van der Waals surface area contributed by atoms with Gasteiger partial charge >= 0.3 is 11.9 Å². The second-order valence-corrected chi connectivity index (χ2v) is 3.19. The summed E-state index contributed by atoms with van der Waals surface area (Å²) < 4.78 is 4.48. The minimum absolute atomic E-state index is 0.0656. The normalized spacial score (nSPS) is 10.3. The summed E-state index contributed by atoms with van der Waals surface area (Å²) in [5.74, 6) is -1.96. The van der Waals surface area contributed by atoms with E-state index in [1.807, 2.05) is 0 Å². The number of hydrogen-bond acceptors (Lipinski definition) is 5. The minimum Gasteiger partial charge on any atom is -0.478 e. The number of methoxy groups -OCH3 is 1. The van der Waals surface area contributed by atoms with Crippen LogP contribution in [0.25, 0.3) is 6.08 Å². The second-order valence-electron chi connectivity index (χ2n) is 3.19. The number of carboxylic acid groups (broad SMARTS) is 1. The standard InChI is InChI=1S/C11H9NO6/c1-18-11(15)9-6-8(12(16)17)4-2-7(9)3-5-10(13)14/h2-6H,1H3,(H,13,14). The third-order valence-corrected chi connectivity index (χ3v) is 2.06. The first-order valence-corrected chi connectivity index (χ1v) is 4.73. The molecule has 0 saturated heterocycles. The van der Waals surface area contributed by atoms with Crippen LogP contribution in [0.2, 0.25) is 0 Å². The molecule has 0 heterocycles. The summed E-state index contributed by atoms with van der Waals surface area (Å²) in [6.45, 7) is 0. The monoisotopic (exact) mass is 251 g/mol. The summed E-state index contributed by atoms with van der Waals surface area (Å²) in [5, 5.41) is 19.1. The second kappa shape index (κ2) is 5.58. The number of carbonyl (C=O) groups excluding carboxylic acids is 1. The molecule has 1 rings (SSSR count). The van der Waals surface area contributed by atoms with Gasteiger partial charge in [0.1, 0.15) is 0 Å². The third kappa shape index (κ3) is 3.14. The number of carbonyl (C=O) groups is 2. The quantitative estimate of drug-likeness (QED) is 0.376. The number of aliphatic carboxylic acids is 1. The zero-order valence-electron chi connectivity index (χ0n) is 9.32. The van der Waals surface area contributed by atoms with E-state index in [-0.39, 0.29) is 16.8 Å². The summed E-state index contributed by atoms with van der Waals surface area (Å²) in [6.07, 6.45) is 1.99. The van der Waals surface area contributed by atoms with Crippen LogP contribution in [0.15, 0.2) is 24.3 Å². The molecule has 0 aliphatic heterocycles. The molecule has 0 amide bonds. The molecule has 0 aromatic heterocycles. The Kier molecular flexibility index (Phi) is 4.14. The Bertz CT molecular complexity index is 534. The van der Waals surface area contributed by atoms with Gasteiger partial charge in [-0.25, -0.2) is 9.59 Å². The van der Waals surface area contributed by atoms with Crippen molar-refractivity contribution in [1.29, 1.82) is 0 Å². The fraction of sp³-hybridized carbons (Fsp3) is 0.0909. The summed E-state index contributed by atoms with van der Waals surface area (Å²) >= 11 is 0. The molecule has 1 N–H and O–H groups in total. The number of benzene rings is 1. The van der Waals surface area contributed by atoms with Crippen LogP contribution in [0.5, 0.6) is 0 Å². The maximum atomic E-state index is 11.4. The first-order valence-electron chi connectivity index (χ1n) is 4.73. The molecule has 1 aromatic carbocycles. The van der Waals surface area contributed by atoms with Gasteiger partial charge in [0.15, 0.2) is 0 Å². The van der Waals surface area contributed by atoms with Crippen LogP contribution in [-0.4, -0.2) is 29.1 Å². The van der Waals surface area contributed by atoms with Crippen molar-refractivity contribution in [1.82, 2.24) is 0 Å². The van der Waals surface area contributed by atoms with E-state index < -0.39 is 16.9 Å².